The molecule has 0 bridgehead atoms. The molecule has 6 nitrogen and oxygen atoms in total. The first kappa shape index (κ1) is 21.0. The summed E-state index contributed by atoms with van der Waals surface area (Å²) in [7, 11) is 0. The fourth-order valence-electron chi connectivity index (χ4n) is 4.17. The minimum atomic E-state index is 0.0662. The number of anilines is 3. The van der Waals surface area contributed by atoms with E-state index in [1.807, 2.05) is 24.3 Å². The SMILES string of the molecule is Cc1ccc(Cl)cc1N1CC[NH+](CC(=O)Nc2ccc(N3CCOCC3)cc2)CC1. The lowest BCUT2D eigenvalue weighted by Crippen LogP contribution is -3.15. The average Bonchev–Trinajstić information content (AvgIpc) is 2.77. The number of halogens is 1. The number of ether oxygens (including phenoxy) is 1. The van der Waals surface area contributed by atoms with Gasteiger partial charge in [0.05, 0.1) is 39.4 Å². The van der Waals surface area contributed by atoms with Crippen LogP contribution in [0.5, 0.6) is 0 Å². The Morgan fingerprint density at radius 3 is 2.43 bits per heavy atom. The van der Waals surface area contributed by atoms with Crippen LogP contribution in [0.2, 0.25) is 5.02 Å². The third-order valence-electron chi connectivity index (χ3n) is 5.92. The molecule has 7 heteroatoms. The molecule has 0 aromatic heterocycles. The van der Waals surface area contributed by atoms with Crippen LogP contribution in [-0.4, -0.2) is 64.9 Å². The molecule has 0 saturated carbocycles. The highest BCUT2D eigenvalue weighted by Gasteiger charge is 2.23. The van der Waals surface area contributed by atoms with Gasteiger partial charge in [-0.2, -0.15) is 0 Å². The normalized spacial score (nSPS) is 17.8. The number of benzene rings is 2. The first-order valence-electron chi connectivity index (χ1n) is 10.7. The van der Waals surface area contributed by atoms with E-state index in [1.165, 1.54) is 21.8 Å². The Kier molecular flexibility index (Phi) is 6.77. The molecule has 2 fully saturated rings. The van der Waals surface area contributed by atoms with Crippen LogP contribution in [0.25, 0.3) is 0 Å². The number of nitrogens with one attached hydrogen (secondary N) is 2. The highest BCUT2D eigenvalue weighted by atomic mass is 35.5. The molecule has 0 unspecified atom stereocenters. The number of hydrogen-bond acceptors (Lipinski definition) is 4. The summed E-state index contributed by atoms with van der Waals surface area (Å²) >= 11 is 6.17. The van der Waals surface area contributed by atoms with E-state index < -0.39 is 0 Å². The summed E-state index contributed by atoms with van der Waals surface area (Å²) in [6, 6.07) is 14.1. The first-order chi connectivity index (χ1) is 14.6. The van der Waals surface area contributed by atoms with Crippen molar-refractivity contribution in [1.29, 1.82) is 0 Å². The van der Waals surface area contributed by atoms with Gasteiger partial charge < -0.3 is 24.8 Å². The summed E-state index contributed by atoms with van der Waals surface area (Å²) in [5, 5.41) is 3.81. The zero-order chi connectivity index (χ0) is 20.9. The largest absolute Gasteiger partial charge is 0.378 e. The van der Waals surface area contributed by atoms with Crippen molar-refractivity contribution in [1.82, 2.24) is 0 Å². The van der Waals surface area contributed by atoms with Gasteiger partial charge in [-0.3, -0.25) is 4.79 Å². The topological polar surface area (TPSA) is 49.2 Å². The van der Waals surface area contributed by atoms with Gasteiger partial charge >= 0.3 is 0 Å². The Hall–Kier alpha value is -2.28. The predicted octanol–water partition coefficient (Wildman–Crippen LogP) is 1.83. The molecule has 160 valence electrons. The summed E-state index contributed by atoms with van der Waals surface area (Å²) in [5.74, 6) is 0.0662. The van der Waals surface area contributed by atoms with E-state index in [9.17, 15) is 4.79 Å². The summed E-state index contributed by atoms with van der Waals surface area (Å²) in [4.78, 5) is 18.5. The average molecular weight is 430 g/mol. The fraction of sp³-hybridized carbons (Fsp3) is 0.435. The summed E-state index contributed by atoms with van der Waals surface area (Å²) < 4.78 is 5.40. The molecule has 4 rings (SSSR count). The van der Waals surface area contributed by atoms with Gasteiger partial charge in [0.25, 0.3) is 5.91 Å². The highest BCUT2D eigenvalue weighted by Crippen LogP contribution is 2.24. The number of nitrogens with zero attached hydrogens (tertiary/aromatic N) is 2. The van der Waals surface area contributed by atoms with Crippen molar-refractivity contribution in [3.63, 3.8) is 0 Å². The van der Waals surface area contributed by atoms with Gasteiger partial charge in [-0.25, -0.2) is 0 Å². The Morgan fingerprint density at radius 1 is 1.03 bits per heavy atom. The third-order valence-corrected chi connectivity index (χ3v) is 6.16. The van der Waals surface area contributed by atoms with Crippen LogP contribution in [0.4, 0.5) is 17.1 Å². The van der Waals surface area contributed by atoms with Crippen molar-refractivity contribution in [2.24, 2.45) is 0 Å². The maximum absolute atomic E-state index is 12.5. The maximum Gasteiger partial charge on any atom is 0.279 e. The van der Waals surface area contributed by atoms with Gasteiger partial charge in [0.15, 0.2) is 6.54 Å². The molecule has 0 atom stereocenters. The van der Waals surface area contributed by atoms with Gasteiger partial charge in [-0.15, -0.1) is 0 Å². The van der Waals surface area contributed by atoms with Crippen molar-refractivity contribution < 1.29 is 14.4 Å². The van der Waals surface area contributed by atoms with Crippen LogP contribution >= 0.6 is 11.6 Å². The molecule has 2 aliphatic heterocycles. The Labute approximate surface area is 183 Å². The molecule has 2 aromatic rings. The molecule has 30 heavy (non-hydrogen) atoms. The number of carbonyl (C=O) groups excluding carboxylic acids is 1. The lowest BCUT2D eigenvalue weighted by Gasteiger charge is -2.34. The first-order valence-corrected chi connectivity index (χ1v) is 11.0. The Bertz CT molecular complexity index is 860. The van der Waals surface area contributed by atoms with Crippen molar-refractivity contribution >= 4 is 34.6 Å². The Morgan fingerprint density at radius 2 is 1.73 bits per heavy atom. The van der Waals surface area contributed by atoms with Crippen LogP contribution in [0.3, 0.4) is 0 Å². The summed E-state index contributed by atoms with van der Waals surface area (Å²) in [5.41, 5.74) is 4.46. The predicted molar refractivity (Wildman–Crippen MR) is 122 cm³/mol. The van der Waals surface area contributed by atoms with Crippen LogP contribution in [0.1, 0.15) is 5.56 Å². The molecule has 2 aromatic carbocycles. The number of hydrogen-bond donors (Lipinski definition) is 2. The van der Waals surface area contributed by atoms with Crippen molar-refractivity contribution in [2.45, 2.75) is 6.92 Å². The van der Waals surface area contributed by atoms with E-state index in [4.69, 9.17) is 16.3 Å². The second-order valence-electron chi connectivity index (χ2n) is 8.04. The van der Waals surface area contributed by atoms with Gasteiger partial charge in [-0.05, 0) is 48.9 Å². The molecular weight excluding hydrogens is 400 g/mol. The lowest BCUT2D eigenvalue weighted by atomic mass is 10.1. The number of rotatable bonds is 5. The number of morpholine rings is 1. The lowest BCUT2D eigenvalue weighted by molar-refractivity contribution is -0.892. The Balaban J connectivity index is 1.25. The third kappa shape index (κ3) is 5.25. The van der Waals surface area contributed by atoms with Crippen molar-refractivity contribution in [3.05, 3.63) is 53.1 Å². The molecular formula is C23H30ClN4O2+. The second kappa shape index (κ2) is 9.69. The van der Waals surface area contributed by atoms with Gasteiger partial charge in [0, 0.05) is 35.2 Å². The summed E-state index contributed by atoms with van der Waals surface area (Å²) in [6.07, 6.45) is 0. The van der Waals surface area contributed by atoms with Crippen molar-refractivity contribution in [3.8, 4) is 0 Å². The molecule has 0 aliphatic carbocycles. The number of piperazine rings is 1. The zero-order valence-electron chi connectivity index (χ0n) is 17.5. The number of amides is 1. The van der Waals surface area contributed by atoms with Gasteiger partial charge in [0.2, 0.25) is 0 Å². The van der Waals surface area contributed by atoms with E-state index in [1.54, 1.807) is 0 Å². The van der Waals surface area contributed by atoms with Crippen molar-refractivity contribution in [2.75, 3.05) is 74.1 Å². The molecule has 2 saturated heterocycles. The van der Waals surface area contributed by atoms with Crippen LogP contribution in [0, 0.1) is 6.92 Å². The van der Waals surface area contributed by atoms with Crippen LogP contribution in [0.15, 0.2) is 42.5 Å². The molecule has 2 N–H and O–H groups in total. The highest BCUT2D eigenvalue weighted by molar-refractivity contribution is 6.30. The van der Waals surface area contributed by atoms with E-state index in [0.29, 0.717) is 6.54 Å². The number of aryl methyl sites for hydroxylation is 1. The minimum absolute atomic E-state index is 0.0662. The molecule has 2 aliphatic rings. The molecule has 2 heterocycles. The zero-order valence-corrected chi connectivity index (χ0v) is 18.3. The van der Waals surface area contributed by atoms with E-state index in [0.717, 1.165) is 63.2 Å². The van der Waals surface area contributed by atoms with Crippen LogP contribution < -0.4 is 20.0 Å². The quantitative estimate of drug-likeness (QED) is 0.761. The van der Waals surface area contributed by atoms with E-state index in [2.05, 4.69) is 40.2 Å². The van der Waals surface area contributed by atoms with Gasteiger partial charge in [0.1, 0.15) is 0 Å². The monoisotopic (exact) mass is 429 g/mol. The summed E-state index contributed by atoms with van der Waals surface area (Å²) in [6.45, 7) is 9.71. The fourth-order valence-corrected chi connectivity index (χ4v) is 4.34. The molecule has 1 amide bonds. The molecule has 0 spiro atoms. The minimum Gasteiger partial charge on any atom is -0.378 e. The van der Waals surface area contributed by atoms with Crippen LogP contribution in [-0.2, 0) is 9.53 Å². The second-order valence-corrected chi connectivity index (χ2v) is 8.48. The van der Waals surface area contributed by atoms with Gasteiger partial charge in [-0.1, -0.05) is 17.7 Å². The molecule has 0 radical (unpaired) electrons. The number of carbonyl (C=O) groups is 1. The van der Waals surface area contributed by atoms with E-state index >= 15 is 0 Å². The smallest absolute Gasteiger partial charge is 0.279 e. The standard InChI is InChI=1S/C23H29ClN4O2/c1-18-2-3-19(24)16-22(18)28-10-8-26(9-11-28)17-23(29)25-20-4-6-21(7-5-20)27-12-14-30-15-13-27/h2-7,16H,8-15,17H2,1H3,(H,25,29)/p+1. The number of quaternary nitrogens is 1. The maximum atomic E-state index is 12.5. The van der Waals surface area contributed by atoms with E-state index in [-0.39, 0.29) is 5.91 Å².